The molecule has 0 aliphatic carbocycles. The molecule has 0 saturated carbocycles. The maximum atomic E-state index is 5.96. The van der Waals surface area contributed by atoms with Gasteiger partial charge in [-0.3, -0.25) is 0 Å². The van der Waals surface area contributed by atoms with Crippen molar-refractivity contribution in [3.8, 4) is 5.75 Å². The van der Waals surface area contributed by atoms with Crippen molar-refractivity contribution in [1.29, 1.82) is 0 Å². The first-order valence-electron chi connectivity index (χ1n) is 5.61. The fraction of sp³-hybridized carbons (Fsp3) is 0.636. The summed E-state index contributed by atoms with van der Waals surface area (Å²) in [6.45, 7) is 6.92. The molecule has 6 heteroatoms. The molecule has 0 fully saturated rings. The van der Waals surface area contributed by atoms with Crippen LogP contribution in [-0.2, 0) is 4.74 Å². The quantitative estimate of drug-likeness (QED) is 0.554. The monoisotopic (exact) mass is 259 g/mol. The van der Waals surface area contributed by atoms with Gasteiger partial charge in [-0.25, -0.2) is 9.97 Å². The lowest BCUT2D eigenvalue weighted by Gasteiger charge is -2.23. The van der Waals surface area contributed by atoms with Crippen LogP contribution >= 0.6 is 11.6 Å². The van der Waals surface area contributed by atoms with E-state index in [1.54, 1.807) is 7.11 Å². The lowest BCUT2D eigenvalue weighted by Crippen LogP contribution is -2.28. The third-order valence-electron chi connectivity index (χ3n) is 2.34. The van der Waals surface area contributed by atoms with Crippen LogP contribution in [0.5, 0.6) is 5.75 Å². The Labute approximate surface area is 107 Å². The molecular weight excluding hydrogens is 242 g/mol. The molecule has 0 atom stereocenters. The number of hydrogen-bond acceptors (Lipinski definition) is 5. The Balaban J connectivity index is 2.83. The number of nitrogens with zero attached hydrogens (tertiary/aromatic N) is 3. The van der Waals surface area contributed by atoms with Crippen molar-refractivity contribution < 1.29 is 9.47 Å². The molecule has 5 nitrogen and oxygen atoms in total. The summed E-state index contributed by atoms with van der Waals surface area (Å²) in [5, 5.41) is 0.326. The van der Waals surface area contributed by atoms with Gasteiger partial charge in [-0.2, -0.15) is 0 Å². The van der Waals surface area contributed by atoms with Gasteiger partial charge in [0.2, 0.25) is 0 Å². The second-order valence-electron chi connectivity index (χ2n) is 3.30. The number of anilines is 1. The van der Waals surface area contributed by atoms with E-state index in [0.29, 0.717) is 29.9 Å². The molecule has 0 aliphatic heterocycles. The van der Waals surface area contributed by atoms with Gasteiger partial charge in [0.15, 0.2) is 16.7 Å². The zero-order valence-corrected chi connectivity index (χ0v) is 11.2. The average Bonchev–Trinajstić information content (AvgIpc) is 2.34. The van der Waals surface area contributed by atoms with Crippen LogP contribution in [0.4, 0.5) is 5.82 Å². The highest BCUT2D eigenvalue weighted by molar-refractivity contribution is 6.31. The topological polar surface area (TPSA) is 47.5 Å². The van der Waals surface area contributed by atoms with Gasteiger partial charge in [-0.15, -0.1) is 0 Å². The minimum atomic E-state index is 0.326. The van der Waals surface area contributed by atoms with Crippen LogP contribution < -0.4 is 9.64 Å². The molecule has 96 valence electrons. The Kier molecular flexibility index (Phi) is 6.00. The lowest BCUT2D eigenvalue weighted by atomic mass is 10.4. The Bertz CT molecular complexity index is 349. The second kappa shape index (κ2) is 7.29. The molecule has 1 aromatic rings. The summed E-state index contributed by atoms with van der Waals surface area (Å²) in [5.41, 5.74) is 0. The van der Waals surface area contributed by atoms with E-state index in [9.17, 15) is 0 Å². The van der Waals surface area contributed by atoms with E-state index in [-0.39, 0.29) is 0 Å². The van der Waals surface area contributed by atoms with Gasteiger partial charge >= 0.3 is 0 Å². The van der Waals surface area contributed by atoms with E-state index in [1.165, 1.54) is 6.33 Å². The number of aromatic nitrogens is 2. The summed E-state index contributed by atoms with van der Waals surface area (Å²) >= 11 is 5.96. The number of rotatable bonds is 7. The fourth-order valence-corrected chi connectivity index (χ4v) is 1.68. The summed E-state index contributed by atoms with van der Waals surface area (Å²) in [5.74, 6) is 1.21. The third kappa shape index (κ3) is 3.71. The summed E-state index contributed by atoms with van der Waals surface area (Å²) in [4.78, 5) is 10.1. The van der Waals surface area contributed by atoms with Crippen molar-refractivity contribution >= 4 is 17.4 Å². The predicted octanol–water partition coefficient (Wildman–Crippen LogP) is 2.00. The van der Waals surface area contributed by atoms with Gasteiger partial charge in [0.1, 0.15) is 6.33 Å². The van der Waals surface area contributed by atoms with E-state index >= 15 is 0 Å². The fourth-order valence-electron chi connectivity index (χ4n) is 1.48. The maximum absolute atomic E-state index is 5.96. The third-order valence-corrected chi connectivity index (χ3v) is 2.61. The molecule has 0 unspecified atom stereocenters. The van der Waals surface area contributed by atoms with Crippen molar-refractivity contribution in [1.82, 2.24) is 9.97 Å². The highest BCUT2D eigenvalue weighted by Gasteiger charge is 2.15. The van der Waals surface area contributed by atoms with Crippen molar-refractivity contribution in [2.24, 2.45) is 0 Å². The van der Waals surface area contributed by atoms with Crippen LogP contribution in [0.1, 0.15) is 13.8 Å². The van der Waals surface area contributed by atoms with Gasteiger partial charge in [0.25, 0.3) is 0 Å². The number of hydrogen-bond donors (Lipinski definition) is 0. The molecular formula is C11H18ClN3O2. The largest absolute Gasteiger partial charge is 0.490 e. The van der Waals surface area contributed by atoms with Crippen LogP contribution in [0.2, 0.25) is 5.15 Å². The van der Waals surface area contributed by atoms with Crippen molar-refractivity contribution in [3.05, 3.63) is 11.5 Å². The van der Waals surface area contributed by atoms with Crippen molar-refractivity contribution in [2.75, 3.05) is 38.3 Å². The van der Waals surface area contributed by atoms with Gasteiger partial charge in [-0.05, 0) is 13.8 Å². The van der Waals surface area contributed by atoms with E-state index in [1.807, 2.05) is 18.7 Å². The summed E-state index contributed by atoms with van der Waals surface area (Å²) in [7, 11) is 1.56. The second-order valence-corrected chi connectivity index (χ2v) is 3.66. The standard InChI is InChI=1S/C11H18ClN3O2/c1-4-15(6-7-17-5-2)11-9(16-3)10(12)13-8-14-11/h8H,4-7H2,1-3H3. The van der Waals surface area contributed by atoms with Crippen molar-refractivity contribution in [3.63, 3.8) is 0 Å². The highest BCUT2D eigenvalue weighted by Crippen LogP contribution is 2.30. The van der Waals surface area contributed by atoms with Crippen LogP contribution in [0.25, 0.3) is 0 Å². The predicted molar refractivity (Wildman–Crippen MR) is 68.0 cm³/mol. The highest BCUT2D eigenvalue weighted by atomic mass is 35.5. The van der Waals surface area contributed by atoms with Crippen LogP contribution in [0.15, 0.2) is 6.33 Å². The molecule has 0 radical (unpaired) electrons. The van der Waals surface area contributed by atoms with Crippen molar-refractivity contribution in [2.45, 2.75) is 13.8 Å². The summed E-state index contributed by atoms with van der Waals surface area (Å²) < 4.78 is 10.6. The van der Waals surface area contributed by atoms with Gasteiger partial charge in [0.05, 0.1) is 13.7 Å². The molecule has 17 heavy (non-hydrogen) atoms. The minimum absolute atomic E-state index is 0.326. The first-order valence-corrected chi connectivity index (χ1v) is 5.99. The summed E-state index contributed by atoms with van der Waals surface area (Å²) in [6.07, 6.45) is 1.43. The Morgan fingerprint density at radius 2 is 2.12 bits per heavy atom. The minimum Gasteiger partial charge on any atom is -0.490 e. The zero-order valence-electron chi connectivity index (χ0n) is 10.4. The van der Waals surface area contributed by atoms with E-state index in [0.717, 1.165) is 13.1 Å². The number of ether oxygens (including phenoxy) is 2. The smallest absolute Gasteiger partial charge is 0.199 e. The van der Waals surface area contributed by atoms with E-state index < -0.39 is 0 Å². The molecule has 0 amide bonds. The molecule has 0 aliphatic rings. The lowest BCUT2D eigenvalue weighted by molar-refractivity contribution is 0.154. The SMILES string of the molecule is CCOCCN(CC)c1ncnc(Cl)c1OC. The number of halogens is 1. The summed E-state index contributed by atoms with van der Waals surface area (Å²) in [6, 6.07) is 0. The number of methoxy groups -OCH3 is 1. The Morgan fingerprint density at radius 1 is 1.35 bits per heavy atom. The van der Waals surface area contributed by atoms with Crippen LogP contribution in [0.3, 0.4) is 0 Å². The zero-order chi connectivity index (χ0) is 12.7. The number of likely N-dealkylation sites (N-methyl/N-ethyl adjacent to an activating group) is 1. The molecule has 0 spiro atoms. The first kappa shape index (κ1) is 14.0. The van der Waals surface area contributed by atoms with E-state index in [2.05, 4.69) is 9.97 Å². The average molecular weight is 260 g/mol. The molecule has 1 rings (SSSR count). The Hall–Kier alpha value is -1.07. The van der Waals surface area contributed by atoms with E-state index in [4.69, 9.17) is 21.1 Å². The van der Waals surface area contributed by atoms with Gasteiger partial charge < -0.3 is 14.4 Å². The Morgan fingerprint density at radius 3 is 2.71 bits per heavy atom. The van der Waals surface area contributed by atoms with Crippen LogP contribution in [0, 0.1) is 0 Å². The molecule has 0 saturated heterocycles. The maximum Gasteiger partial charge on any atom is 0.199 e. The molecule has 0 bridgehead atoms. The normalized spacial score (nSPS) is 10.4. The first-order chi connectivity index (χ1) is 8.24. The van der Waals surface area contributed by atoms with Crippen LogP contribution in [-0.4, -0.2) is 43.4 Å². The molecule has 0 N–H and O–H groups in total. The van der Waals surface area contributed by atoms with Gasteiger partial charge in [-0.1, -0.05) is 11.6 Å². The van der Waals surface area contributed by atoms with Gasteiger partial charge in [0, 0.05) is 19.7 Å². The molecule has 1 heterocycles. The molecule has 1 aromatic heterocycles. The molecule has 0 aromatic carbocycles.